The minimum atomic E-state index is -0.252. The van der Waals surface area contributed by atoms with Crippen molar-refractivity contribution in [2.45, 2.75) is 13.0 Å². The van der Waals surface area contributed by atoms with E-state index in [1.165, 1.54) is 0 Å². The summed E-state index contributed by atoms with van der Waals surface area (Å²) in [4.78, 5) is 22.8. The van der Waals surface area contributed by atoms with Crippen molar-refractivity contribution in [3.63, 3.8) is 0 Å². The molecule has 0 aliphatic carbocycles. The molecule has 3 N–H and O–H groups in total. The third-order valence-corrected chi connectivity index (χ3v) is 2.53. The Morgan fingerprint density at radius 3 is 2.81 bits per heavy atom. The number of carbonyl (C=O) groups excluding carboxylic acids is 2. The van der Waals surface area contributed by atoms with Gasteiger partial charge in [0.15, 0.2) is 0 Å². The summed E-state index contributed by atoms with van der Waals surface area (Å²) in [5.74, 6) is -0.266. The highest BCUT2D eigenvalue weighted by Crippen LogP contribution is 2.27. The molecule has 1 aromatic rings. The van der Waals surface area contributed by atoms with Gasteiger partial charge in [0.25, 0.3) is 5.91 Å². The van der Waals surface area contributed by atoms with Gasteiger partial charge in [-0.2, -0.15) is 0 Å². The molecule has 0 fully saturated rings. The van der Waals surface area contributed by atoms with Crippen LogP contribution >= 0.6 is 0 Å². The van der Waals surface area contributed by atoms with E-state index in [2.05, 4.69) is 16.0 Å². The predicted octanol–water partition coefficient (Wildman–Crippen LogP) is 0.799. The van der Waals surface area contributed by atoms with Gasteiger partial charge in [0.2, 0.25) is 5.91 Å². The Hall–Kier alpha value is -2.04. The van der Waals surface area contributed by atoms with Gasteiger partial charge in [0.1, 0.15) is 6.04 Å². The first-order valence-electron chi connectivity index (χ1n) is 5.05. The lowest BCUT2D eigenvalue weighted by atomic mass is 10.1. The van der Waals surface area contributed by atoms with Gasteiger partial charge in [0, 0.05) is 12.6 Å². The molecule has 1 aliphatic heterocycles. The Bertz CT molecular complexity index is 457. The number of hydrogen-bond donors (Lipinski definition) is 3. The van der Waals surface area contributed by atoms with Crippen LogP contribution in [0.2, 0.25) is 0 Å². The van der Waals surface area contributed by atoms with E-state index >= 15 is 0 Å². The molecule has 2 amide bonds. The zero-order valence-corrected chi connectivity index (χ0v) is 9.13. The Morgan fingerprint density at radius 1 is 1.38 bits per heavy atom. The maximum Gasteiger partial charge on any atom is 0.251 e. The summed E-state index contributed by atoms with van der Waals surface area (Å²) in [7, 11) is 1.57. The third kappa shape index (κ3) is 1.71. The normalized spacial score (nSPS) is 18.1. The quantitative estimate of drug-likeness (QED) is 0.654. The van der Waals surface area contributed by atoms with Gasteiger partial charge in [-0.15, -0.1) is 0 Å². The Labute approximate surface area is 93.2 Å². The molecule has 0 saturated heterocycles. The summed E-state index contributed by atoms with van der Waals surface area (Å²) >= 11 is 0. The summed E-state index contributed by atoms with van der Waals surface area (Å²) in [6.45, 7) is 1.78. The molecular formula is C11H13N3O2. The predicted molar refractivity (Wildman–Crippen MR) is 61.5 cm³/mol. The lowest BCUT2D eigenvalue weighted by Crippen LogP contribution is -2.36. The number of nitrogens with one attached hydrogen (secondary N) is 3. The van der Waals surface area contributed by atoms with Crippen molar-refractivity contribution in [1.29, 1.82) is 0 Å². The largest absolute Gasteiger partial charge is 0.372 e. The lowest BCUT2D eigenvalue weighted by molar-refractivity contribution is -0.116. The maximum absolute atomic E-state index is 11.4. The smallest absolute Gasteiger partial charge is 0.251 e. The van der Waals surface area contributed by atoms with Crippen LogP contribution in [0.25, 0.3) is 0 Å². The van der Waals surface area contributed by atoms with Crippen LogP contribution in [0, 0.1) is 0 Å². The fourth-order valence-corrected chi connectivity index (χ4v) is 1.60. The molecule has 0 bridgehead atoms. The van der Waals surface area contributed by atoms with E-state index in [4.69, 9.17) is 0 Å². The number of carbonyl (C=O) groups is 2. The van der Waals surface area contributed by atoms with Crippen LogP contribution in [-0.2, 0) is 4.79 Å². The number of anilines is 2. The first-order chi connectivity index (χ1) is 7.61. The van der Waals surface area contributed by atoms with Gasteiger partial charge in [-0.05, 0) is 25.1 Å². The minimum Gasteiger partial charge on any atom is -0.372 e. The molecule has 0 aromatic heterocycles. The molecule has 1 heterocycles. The van der Waals surface area contributed by atoms with Crippen molar-refractivity contribution in [3.8, 4) is 0 Å². The van der Waals surface area contributed by atoms with Crippen LogP contribution in [0.3, 0.4) is 0 Å². The van der Waals surface area contributed by atoms with Gasteiger partial charge >= 0.3 is 0 Å². The molecule has 0 saturated carbocycles. The van der Waals surface area contributed by atoms with E-state index in [1.54, 1.807) is 32.2 Å². The lowest BCUT2D eigenvalue weighted by Gasteiger charge is -2.24. The van der Waals surface area contributed by atoms with E-state index in [-0.39, 0.29) is 17.9 Å². The molecule has 0 radical (unpaired) electrons. The fraction of sp³-hybridized carbons (Fsp3) is 0.273. The Kier molecular flexibility index (Phi) is 2.52. The topological polar surface area (TPSA) is 70.2 Å². The second kappa shape index (κ2) is 3.84. The maximum atomic E-state index is 11.4. The second-order valence-corrected chi connectivity index (χ2v) is 3.69. The summed E-state index contributed by atoms with van der Waals surface area (Å²) in [5.41, 5.74) is 2.00. The molecule has 5 heteroatoms. The minimum absolute atomic E-state index is 0.0958. The zero-order chi connectivity index (χ0) is 11.7. The van der Waals surface area contributed by atoms with Crippen molar-refractivity contribution < 1.29 is 9.59 Å². The van der Waals surface area contributed by atoms with Crippen LogP contribution in [0.5, 0.6) is 0 Å². The van der Waals surface area contributed by atoms with Crippen molar-refractivity contribution in [3.05, 3.63) is 23.8 Å². The molecule has 84 valence electrons. The van der Waals surface area contributed by atoms with Gasteiger partial charge in [0.05, 0.1) is 11.4 Å². The van der Waals surface area contributed by atoms with Gasteiger partial charge in [-0.1, -0.05) is 0 Å². The first kappa shape index (κ1) is 10.5. The van der Waals surface area contributed by atoms with Crippen molar-refractivity contribution in [2.24, 2.45) is 0 Å². The molecule has 1 aromatic carbocycles. The summed E-state index contributed by atoms with van der Waals surface area (Å²) < 4.78 is 0. The van der Waals surface area contributed by atoms with Crippen LogP contribution in [0.15, 0.2) is 18.2 Å². The van der Waals surface area contributed by atoms with Crippen molar-refractivity contribution >= 4 is 23.2 Å². The van der Waals surface area contributed by atoms with Crippen molar-refractivity contribution in [1.82, 2.24) is 5.32 Å². The van der Waals surface area contributed by atoms with Crippen LogP contribution in [-0.4, -0.2) is 24.9 Å². The third-order valence-electron chi connectivity index (χ3n) is 2.53. The van der Waals surface area contributed by atoms with Gasteiger partial charge in [-0.25, -0.2) is 0 Å². The monoisotopic (exact) mass is 219 g/mol. The Balaban J connectivity index is 2.36. The highest BCUT2D eigenvalue weighted by atomic mass is 16.2. The SMILES string of the molecule is CNC(=O)c1ccc2c(c1)NC(=O)C(C)N2. The molecule has 1 unspecified atom stereocenters. The van der Waals surface area contributed by atoms with Crippen LogP contribution in [0.1, 0.15) is 17.3 Å². The number of amides is 2. The second-order valence-electron chi connectivity index (χ2n) is 3.69. The highest BCUT2D eigenvalue weighted by molar-refractivity contribution is 6.04. The van der Waals surface area contributed by atoms with Crippen LogP contribution in [0.4, 0.5) is 11.4 Å². The number of hydrogen-bond acceptors (Lipinski definition) is 3. The highest BCUT2D eigenvalue weighted by Gasteiger charge is 2.21. The number of benzene rings is 1. The van der Waals surface area contributed by atoms with E-state index in [0.717, 1.165) is 5.69 Å². The Morgan fingerprint density at radius 2 is 2.12 bits per heavy atom. The number of fused-ring (bicyclic) bond motifs is 1. The van der Waals surface area contributed by atoms with E-state index < -0.39 is 0 Å². The molecule has 5 nitrogen and oxygen atoms in total. The number of rotatable bonds is 1. The van der Waals surface area contributed by atoms with E-state index in [1.807, 2.05) is 0 Å². The summed E-state index contributed by atoms with van der Waals surface area (Å²) in [6.07, 6.45) is 0. The summed E-state index contributed by atoms with van der Waals surface area (Å²) in [6, 6.07) is 4.91. The molecule has 2 rings (SSSR count). The summed E-state index contributed by atoms with van der Waals surface area (Å²) in [5, 5.41) is 8.33. The molecule has 0 spiro atoms. The molecular weight excluding hydrogens is 206 g/mol. The molecule has 1 atom stereocenters. The van der Waals surface area contributed by atoms with E-state index in [0.29, 0.717) is 11.3 Å². The molecule has 1 aliphatic rings. The first-order valence-corrected chi connectivity index (χ1v) is 5.05. The van der Waals surface area contributed by atoms with Crippen LogP contribution < -0.4 is 16.0 Å². The fourth-order valence-electron chi connectivity index (χ4n) is 1.60. The van der Waals surface area contributed by atoms with Crippen molar-refractivity contribution in [2.75, 3.05) is 17.7 Å². The average molecular weight is 219 g/mol. The van der Waals surface area contributed by atoms with E-state index in [9.17, 15) is 9.59 Å². The van der Waals surface area contributed by atoms with Gasteiger partial charge < -0.3 is 16.0 Å². The van der Waals surface area contributed by atoms with Gasteiger partial charge in [-0.3, -0.25) is 9.59 Å². The molecule has 16 heavy (non-hydrogen) atoms. The standard InChI is InChI=1S/C11H13N3O2/c1-6-10(15)14-9-5-7(11(16)12-2)3-4-8(9)13-6/h3-6,13H,1-2H3,(H,12,16)(H,14,15). The zero-order valence-electron chi connectivity index (χ0n) is 9.13. The average Bonchev–Trinajstić information content (AvgIpc) is 2.29.